The van der Waals surface area contributed by atoms with Crippen molar-refractivity contribution in [2.75, 3.05) is 13.1 Å². The van der Waals surface area contributed by atoms with Gasteiger partial charge in [0.25, 0.3) is 11.8 Å². The van der Waals surface area contributed by atoms with E-state index in [1.165, 1.54) is 11.8 Å². The van der Waals surface area contributed by atoms with E-state index < -0.39 is 44.0 Å². The van der Waals surface area contributed by atoms with Crippen LogP contribution in [0.3, 0.4) is 0 Å². The largest absolute Gasteiger partial charge is 0.491 e. The smallest absolute Gasteiger partial charge is 0.423 e. The fourth-order valence-electron chi connectivity index (χ4n) is 5.03. The van der Waals surface area contributed by atoms with Gasteiger partial charge in [-0.25, -0.2) is 0 Å². The Labute approximate surface area is 219 Å². The molecule has 3 amide bonds. The molecule has 2 aromatic carbocycles. The van der Waals surface area contributed by atoms with E-state index in [2.05, 4.69) is 10.6 Å². The van der Waals surface area contributed by atoms with Crippen molar-refractivity contribution in [1.82, 2.24) is 15.5 Å². The third-order valence-electron chi connectivity index (χ3n) is 7.10. The maximum atomic E-state index is 13.5. The van der Waals surface area contributed by atoms with Crippen molar-refractivity contribution in [3.8, 4) is 0 Å². The zero-order chi connectivity index (χ0) is 27.0. The Morgan fingerprint density at radius 2 is 1.58 bits per heavy atom. The third-order valence-corrected chi connectivity index (χ3v) is 7.10. The number of hydrogen-bond acceptors (Lipinski definition) is 8. The lowest BCUT2D eigenvalue weighted by Gasteiger charge is -2.24. The molecule has 5 rings (SSSR count). The van der Waals surface area contributed by atoms with Crippen LogP contribution in [-0.2, 0) is 32.1 Å². The van der Waals surface area contributed by atoms with Gasteiger partial charge in [-0.05, 0) is 59.7 Å². The SMILES string of the molecule is CC(=O)CCNC(=O)[C@@H]1C[C@H](NC(=O)c2ccc3c(c2)B(O)OC3)CN1C(=O)c1ccc2c(c1)B(O)OC2. The van der Waals surface area contributed by atoms with E-state index in [0.29, 0.717) is 16.5 Å². The fraction of sp³-hybridized carbons (Fsp3) is 0.360. The molecule has 0 spiro atoms. The Hall–Kier alpha value is -3.51. The number of fused-ring (bicyclic) bond motifs is 2. The highest BCUT2D eigenvalue weighted by Crippen LogP contribution is 2.23. The van der Waals surface area contributed by atoms with Crippen LogP contribution in [0.2, 0.25) is 0 Å². The molecule has 0 saturated carbocycles. The Morgan fingerprint density at radius 3 is 2.21 bits per heavy atom. The fourth-order valence-corrected chi connectivity index (χ4v) is 5.03. The minimum Gasteiger partial charge on any atom is -0.423 e. The predicted molar refractivity (Wildman–Crippen MR) is 137 cm³/mol. The summed E-state index contributed by atoms with van der Waals surface area (Å²) < 4.78 is 10.4. The highest BCUT2D eigenvalue weighted by atomic mass is 16.5. The van der Waals surface area contributed by atoms with E-state index in [4.69, 9.17) is 9.31 Å². The first-order chi connectivity index (χ1) is 18.2. The molecule has 38 heavy (non-hydrogen) atoms. The summed E-state index contributed by atoms with van der Waals surface area (Å²) in [5, 5.41) is 25.6. The van der Waals surface area contributed by atoms with Gasteiger partial charge in [-0.1, -0.05) is 12.1 Å². The van der Waals surface area contributed by atoms with Crippen molar-refractivity contribution in [2.45, 2.75) is 45.1 Å². The topological polar surface area (TPSA) is 154 Å². The standard InChI is InChI=1S/C25H27B2N3O8/c1-14(31)6-7-28-24(33)22-10-19(29-23(32)15-2-4-17-12-37-26(35)20(17)8-15)11-30(22)25(34)16-3-5-18-13-38-27(36)21(18)9-16/h2-5,8-9,19,22,35-36H,6-7,10-13H2,1H3,(H,28,33)(H,29,32)/t19-,22-/m0/s1. The van der Waals surface area contributed by atoms with E-state index in [1.54, 1.807) is 36.4 Å². The monoisotopic (exact) mass is 519 g/mol. The average Bonchev–Trinajstić information content (AvgIpc) is 3.60. The lowest BCUT2D eigenvalue weighted by Crippen LogP contribution is -2.46. The van der Waals surface area contributed by atoms with Gasteiger partial charge in [-0.3, -0.25) is 19.2 Å². The van der Waals surface area contributed by atoms with Crippen molar-refractivity contribution in [3.05, 3.63) is 58.7 Å². The highest BCUT2D eigenvalue weighted by Gasteiger charge is 2.41. The quantitative estimate of drug-likeness (QED) is 0.314. The van der Waals surface area contributed by atoms with E-state index >= 15 is 0 Å². The van der Waals surface area contributed by atoms with Gasteiger partial charge in [0.1, 0.15) is 11.8 Å². The van der Waals surface area contributed by atoms with Crippen LogP contribution in [0, 0.1) is 0 Å². The maximum Gasteiger partial charge on any atom is 0.491 e. The Bertz CT molecular complexity index is 1310. The molecule has 3 heterocycles. The van der Waals surface area contributed by atoms with Gasteiger partial charge in [0.15, 0.2) is 0 Å². The minimum atomic E-state index is -1.12. The van der Waals surface area contributed by atoms with Crippen molar-refractivity contribution < 1.29 is 38.5 Å². The van der Waals surface area contributed by atoms with Gasteiger partial charge in [0.05, 0.1) is 13.2 Å². The molecule has 13 heteroatoms. The number of benzene rings is 2. The summed E-state index contributed by atoms with van der Waals surface area (Å²) in [6, 6.07) is 8.43. The second-order valence-electron chi connectivity index (χ2n) is 9.78. The first kappa shape index (κ1) is 26.1. The lowest BCUT2D eigenvalue weighted by atomic mass is 9.78. The first-order valence-corrected chi connectivity index (χ1v) is 12.4. The normalized spacial score (nSPS) is 19.8. The molecule has 1 fully saturated rings. The van der Waals surface area contributed by atoms with Crippen molar-refractivity contribution in [3.63, 3.8) is 0 Å². The van der Waals surface area contributed by atoms with Gasteiger partial charge in [0.2, 0.25) is 5.91 Å². The number of carbonyl (C=O) groups excluding carboxylic acids is 4. The summed E-state index contributed by atoms with van der Waals surface area (Å²) in [7, 11) is -2.21. The van der Waals surface area contributed by atoms with Crippen LogP contribution in [-0.4, -0.2) is 77.9 Å². The number of amides is 3. The molecule has 0 unspecified atom stereocenters. The van der Waals surface area contributed by atoms with Gasteiger partial charge in [0, 0.05) is 36.7 Å². The Morgan fingerprint density at radius 1 is 0.974 bits per heavy atom. The van der Waals surface area contributed by atoms with E-state index in [9.17, 15) is 29.2 Å². The van der Waals surface area contributed by atoms with E-state index in [0.717, 1.165) is 11.1 Å². The number of likely N-dealkylation sites (tertiary alicyclic amines) is 1. The number of hydrogen-bond donors (Lipinski definition) is 4. The number of nitrogens with zero attached hydrogens (tertiary/aromatic N) is 1. The zero-order valence-corrected chi connectivity index (χ0v) is 20.8. The molecule has 4 N–H and O–H groups in total. The minimum absolute atomic E-state index is 0.0708. The van der Waals surface area contributed by atoms with Crippen LogP contribution in [0.5, 0.6) is 0 Å². The van der Waals surface area contributed by atoms with Crippen LogP contribution < -0.4 is 21.6 Å². The van der Waals surface area contributed by atoms with Crippen LogP contribution in [0.1, 0.15) is 51.6 Å². The molecule has 3 aliphatic rings. The Kier molecular flexibility index (Phi) is 7.35. The zero-order valence-electron chi connectivity index (χ0n) is 20.8. The van der Waals surface area contributed by atoms with Crippen LogP contribution >= 0.6 is 0 Å². The molecular formula is C25H27B2N3O8. The van der Waals surface area contributed by atoms with Gasteiger partial charge < -0.3 is 34.9 Å². The van der Waals surface area contributed by atoms with Crippen molar-refractivity contribution >= 4 is 48.7 Å². The summed E-state index contributed by atoms with van der Waals surface area (Å²) in [4.78, 5) is 52.3. The number of carbonyl (C=O) groups is 4. The number of Topliss-reactive ketones (excluding diaryl/α,β-unsaturated/α-hetero) is 1. The third kappa shape index (κ3) is 5.23. The summed E-state index contributed by atoms with van der Waals surface area (Å²) in [5.74, 6) is -1.31. The van der Waals surface area contributed by atoms with E-state index in [-0.39, 0.29) is 50.5 Å². The van der Waals surface area contributed by atoms with Crippen molar-refractivity contribution in [1.29, 1.82) is 0 Å². The molecule has 0 bridgehead atoms. The second kappa shape index (κ2) is 10.7. The first-order valence-electron chi connectivity index (χ1n) is 12.4. The Balaban J connectivity index is 1.33. The van der Waals surface area contributed by atoms with Gasteiger partial charge in [-0.2, -0.15) is 0 Å². The molecule has 2 atom stereocenters. The number of rotatable bonds is 7. The molecule has 0 radical (unpaired) electrons. The summed E-state index contributed by atoms with van der Waals surface area (Å²) >= 11 is 0. The van der Waals surface area contributed by atoms with E-state index in [1.807, 2.05) is 0 Å². The molecule has 0 aliphatic carbocycles. The molecule has 11 nitrogen and oxygen atoms in total. The number of nitrogens with one attached hydrogen (secondary N) is 2. The summed E-state index contributed by atoms with van der Waals surface area (Å²) in [5.41, 5.74) is 3.24. The predicted octanol–water partition coefficient (Wildman–Crippen LogP) is -1.77. The molecule has 2 aromatic rings. The molecule has 196 valence electrons. The van der Waals surface area contributed by atoms with Gasteiger partial charge >= 0.3 is 14.2 Å². The lowest BCUT2D eigenvalue weighted by molar-refractivity contribution is -0.125. The molecule has 1 saturated heterocycles. The average molecular weight is 519 g/mol. The van der Waals surface area contributed by atoms with Crippen LogP contribution in [0.25, 0.3) is 0 Å². The molecular weight excluding hydrogens is 492 g/mol. The van der Waals surface area contributed by atoms with Crippen LogP contribution in [0.4, 0.5) is 0 Å². The van der Waals surface area contributed by atoms with Crippen molar-refractivity contribution in [2.24, 2.45) is 0 Å². The maximum absolute atomic E-state index is 13.5. The molecule has 3 aliphatic heterocycles. The number of ketones is 1. The van der Waals surface area contributed by atoms with Crippen LogP contribution in [0.15, 0.2) is 36.4 Å². The highest BCUT2D eigenvalue weighted by molar-refractivity contribution is 6.62. The summed E-state index contributed by atoms with van der Waals surface area (Å²) in [6.07, 6.45) is 0.347. The second-order valence-corrected chi connectivity index (χ2v) is 9.78. The molecule has 0 aromatic heterocycles. The summed E-state index contributed by atoms with van der Waals surface area (Å²) in [6.45, 7) is 2.17. The van der Waals surface area contributed by atoms with Gasteiger partial charge in [-0.15, -0.1) is 0 Å².